The molecule has 1 aromatic heterocycles. The van der Waals surface area contributed by atoms with Crippen LogP contribution in [0.15, 0.2) is 48.5 Å². The highest BCUT2D eigenvalue weighted by atomic mass is 32.2. The molecule has 0 N–H and O–H groups in total. The Morgan fingerprint density at radius 1 is 1.00 bits per heavy atom. The van der Waals surface area contributed by atoms with E-state index in [1.807, 2.05) is 36.1 Å². The molecule has 1 aliphatic rings. The lowest BCUT2D eigenvalue weighted by Gasteiger charge is -2.23. The third-order valence-corrected chi connectivity index (χ3v) is 5.59. The number of aromatic nitrogens is 2. The first-order valence-electron chi connectivity index (χ1n) is 8.98. The van der Waals surface area contributed by atoms with E-state index in [0.29, 0.717) is 23.5 Å². The zero-order chi connectivity index (χ0) is 20.6. The second kappa shape index (κ2) is 7.67. The van der Waals surface area contributed by atoms with Gasteiger partial charge in [-0.2, -0.15) is 13.2 Å². The Bertz CT molecular complexity index is 1030. The number of aryl methyl sites for hydroxylation is 1. The lowest BCUT2D eigenvalue weighted by molar-refractivity contribution is -0.144. The molecule has 0 spiro atoms. The molecule has 4 rings (SSSR count). The van der Waals surface area contributed by atoms with Crippen LogP contribution in [0.4, 0.5) is 23.4 Å². The van der Waals surface area contributed by atoms with Gasteiger partial charge in [-0.1, -0.05) is 29.8 Å². The van der Waals surface area contributed by atoms with E-state index in [1.54, 1.807) is 11.8 Å². The summed E-state index contributed by atoms with van der Waals surface area (Å²) in [6, 6.07) is 12.8. The summed E-state index contributed by atoms with van der Waals surface area (Å²) in [6.07, 6.45) is -4.69. The zero-order valence-electron chi connectivity index (χ0n) is 15.5. The quantitative estimate of drug-likeness (QED) is 0.503. The molecule has 3 aromatic rings. The van der Waals surface area contributed by atoms with Crippen LogP contribution < -0.4 is 4.90 Å². The molecule has 2 heterocycles. The topological polar surface area (TPSA) is 29.0 Å². The van der Waals surface area contributed by atoms with Gasteiger partial charge in [0.15, 0.2) is 0 Å². The molecular formula is C21H17F4N3S. The van der Waals surface area contributed by atoms with Crippen LogP contribution in [-0.4, -0.2) is 28.1 Å². The summed E-state index contributed by atoms with van der Waals surface area (Å²) in [7, 11) is 0. The van der Waals surface area contributed by atoms with Gasteiger partial charge in [0.2, 0.25) is 5.82 Å². The van der Waals surface area contributed by atoms with Crippen molar-refractivity contribution in [3.63, 3.8) is 0 Å². The first-order chi connectivity index (χ1) is 13.8. The van der Waals surface area contributed by atoms with Crippen molar-refractivity contribution in [3.8, 4) is 22.4 Å². The van der Waals surface area contributed by atoms with E-state index in [-0.39, 0.29) is 11.5 Å². The standard InChI is InChI=1S/C21H17F4N3S/c1-13-3-2-4-15(11-13)17-18(14-5-7-16(22)8-6-14)26-20(21(23,24)25)27-19(17)28-9-10-29-12-28/h2-8,11H,9-10,12H2,1H3. The number of rotatable bonds is 3. The highest BCUT2D eigenvalue weighted by Crippen LogP contribution is 2.41. The van der Waals surface area contributed by atoms with Crippen molar-refractivity contribution in [2.24, 2.45) is 0 Å². The van der Waals surface area contributed by atoms with Crippen molar-refractivity contribution < 1.29 is 17.6 Å². The van der Waals surface area contributed by atoms with E-state index in [0.717, 1.165) is 16.9 Å². The van der Waals surface area contributed by atoms with Crippen LogP contribution >= 0.6 is 11.8 Å². The molecule has 0 radical (unpaired) electrons. The van der Waals surface area contributed by atoms with E-state index >= 15 is 0 Å². The summed E-state index contributed by atoms with van der Waals surface area (Å²) >= 11 is 1.64. The largest absolute Gasteiger partial charge is 0.451 e. The summed E-state index contributed by atoms with van der Waals surface area (Å²) < 4.78 is 54.3. The number of hydrogen-bond donors (Lipinski definition) is 0. The maximum atomic E-state index is 13.6. The van der Waals surface area contributed by atoms with Gasteiger partial charge in [0.25, 0.3) is 0 Å². The van der Waals surface area contributed by atoms with Gasteiger partial charge in [-0.05, 0) is 36.8 Å². The van der Waals surface area contributed by atoms with Gasteiger partial charge in [-0.15, -0.1) is 11.8 Å². The highest BCUT2D eigenvalue weighted by molar-refractivity contribution is 7.99. The monoisotopic (exact) mass is 419 g/mol. The maximum Gasteiger partial charge on any atom is 0.451 e. The predicted molar refractivity (Wildman–Crippen MR) is 107 cm³/mol. The summed E-state index contributed by atoms with van der Waals surface area (Å²) in [5, 5.41) is 0. The number of thioether (sulfide) groups is 1. The van der Waals surface area contributed by atoms with Crippen LogP contribution in [0.2, 0.25) is 0 Å². The van der Waals surface area contributed by atoms with Crippen LogP contribution in [0, 0.1) is 12.7 Å². The van der Waals surface area contributed by atoms with E-state index in [1.165, 1.54) is 24.3 Å². The summed E-state index contributed by atoms with van der Waals surface area (Å²) in [6.45, 7) is 2.51. The van der Waals surface area contributed by atoms with Crippen molar-refractivity contribution in [2.45, 2.75) is 13.1 Å². The van der Waals surface area contributed by atoms with Crippen LogP contribution in [0.3, 0.4) is 0 Å². The first kappa shape index (κ1) is 19.7. The van der Waals surface area contributed by atoms with Gasteiger partial charge in [0, 0.05) is 17.9 Å². The van der Waals surface area contributed by atoms with E-state index in [2.05, 4.69) is 9.97 Å². The Morgan fingerprint density at radius 2 is 1.76 bits per heavy atom. The van der Waals surface area contributed by atoms with E-state index in [4.69, 9.17) is 0 Å². The fourth-order valence-corrected chi connectivity index (χ4v) is 4.22. The fourth-order valence-electron chi connectivity index (χ4n) is 3.27. The van der Waals surface area contributed by atoms with Crippen LogP contribution in [0.5, 0.6) is 0 Å². The zero-order valence-corrected chi connectivity index (χ0v) is 16.3. The number of halogens is 4. The number of alkyl halides is 3. The van der Waals surface area contributed by atoms with Crippen molar-refractivity contribution in [1.29, 1.82) is 0 Å². The average molecular weight is 419 g/mol. The van der Waals surface area contributed by atoms with Gasteiger partial charge in [0.1, 0.15) is 11.6 Å². The molecule has 0 unspecified atom stereocenters. The van der Waals surface area contributed by atoms with Crippen molar-refractivity contribution in [1.82, 2.24) is 9.97 Å². The number of anilines is 1. The molecule has 0 aliphatic carbocycles. The third-order valence-electron chi connectivity index (χ3n) is 4.62. The van der Waals surface area contributed by atoms with Gasteiger partial charge in [-0.25, -0.2) is 14.4 Å². The van der Waals surface area contributed by atoms with Gasteiger partial charge >= 0.3 is 6.18 Å². The van der Waals surface area contributed by atoms with Gasteiger partial charge in [0.05, 0.1) is 17.1 Å². The van der Waals surface area contributed by atoms with Gasteiger partial charge < -0.3 is 4.90 Å². The predicted octanol–water partition coefficient (Wildman–Crippen LogP) is 5.79. The average Bonchev–Trinajstić information content (AvgIpc) is 3.21. The normalized spacial score (nSPS) is 14.4. The highest BCUT2D eigenvalue weighted by Gasteiger charge is 2.37. The van der Waals surface area contributed by atoms with E-state index < -0.39 is 17.8 Å². The molecule has 8 heteroatoms. The molecular weight excluding hydrogens is 402 g/mol. The minimum atomic E-state index is -4.69. The molecule has 0 bridgehead atoms. The Balaban J connectivity index is 2.04. The van der Waals surface area contributed by atoms with Crippen LogP contribution in [0.25, 0.3) is 22.4 Å². The fraction of sp³-hybridized carbons (Fsp3) is 0.238. The molecule has 29 heavy (non-hydrogen) atoms. The molecule has 1 fully saturated rings. The molecule has 1 aliphatic heterocycles. The SMILES string of the molecule is Cc1cccc(-c2c(-c3ccc(F)cc3)nc(C(F)(F)F)nc2N2CCSC2)c1. The second-order valence-electron chi connectivity index (χ2n) is 6.77. The second-order valence-corrected chi connectivity index (χ2v) is 7.84. The Kier molecular flexibility index (Phi) is 5.21. The molecule has 1 saturated heterocycles. The van der Waals surface area contributed by atoms with Gasteiger partial charge in [-0.3, -0.25) is 0 Å². The minimum Gasteiger partial charge on any atom is -0.346 e. The number of benzene rings is 2. The van der Waals surface area contributed by atoms with Crippen LogP contribution in [0.1, 0.15) is 11.4 Å². The lowest BCUT2D eigenvalue weighted by Crippen LogP contribution is -2.23. The van der Waals surface area contributed by atoms with Crippen LogP contribution in [-0.2, 0) is 6.18 Å². The van der Waals surface area contributed by atoms with Crippen molar-refractivity contribution in [2.75, 3.05) is 23.1 Å². The lowest BCUT2D eigenvalue weighted by atomic mass is 9.97. The maximum absolute atomic E-state index is 13.6. The minimum absolute atomic E-state index is 0.143. The molecule has 0 atom stereocenters. The molecule has 2 aromatic carbocycles. The Hall–Kier alpha value is -2.61. The molecule has 150 valence electrons. The number of hydrogen-bond acceptors (Lipinski definition) is 4. The molecule has 0 saturated carbocycles. The molecule has 3 nitrogen and oxygen atoms in total. The first-order valence-corrected chi connectivity index (χ1v) is 10.1. The molecule has 0 amide bonds. The third kappa shape index (κ3) is 4.07. The smallest absolute Gasteiger partial charge is 0.346 e. The number of nitrogens with zero attached hydrogens (tertiary/aromatic N) is 3. The van der Waals surface area contributed by atoms with E-state index in [9.17, 15) is 17.6 Å². The summed E-state index contributed by atoms with van der Waals surface area (Å²) in [5.74, 6) is -0.0463. The van der Waals surface area contributed by atoms with Crippen molar-refractivity contribution in [3.05, 3.63) is 65.7 Å². The summed E-state index contributed by atoms with van der Waals surface area (Å²) in [4.78, 5) is 9.67. The summed E-state index contributed by atoms with van der Waals surface area (Å²) in [5.41, 5.74) is 2.77. The van der Waals surface area contributed by atoms with Crippen molar-refractivity contribution >= 4 is 17.6 Å². The Labute approximate surface area is 169 Å². The Morgan fingerprint density at radius 3 is 2.38 bits per heavy atom.